The molecule has 0 spiro atoms. The molecule has 1 fully saturated rings. The van der Waals surface area contributed by atoms with Gasteiger partial charge in [0.05, 0.1) is 12.0 Å². The van der Waals surface area contributed by atoms with Crippen LogP contribution >= 0.6 is 42.6 Å². The van der Waals surface area contributed by atoms with Gasteiger partial charge in [0.15, 0.2) is 0 Å². The molecule has 1 heterocycles. The van der Waals surface area contributed by atoms with E-state index < -0.39 is 80.2 Å². The largest absolute Gasteiger partial charge is 0.480 e. The number of amides is 2. The number of halogens is 2. The first-order valence-corrected chi connectivity index (χ1v) is 13.2. The number of hydrogen-bond donors (Lipinski definition) is 6. The summed E-state index contributed by atoms with van der Waals surface area (Å²) in [7, 11) is -4.06. The molecule has 0 aliphatic carbocycles. The fraction of sp³-hybridized carbons (Fsp3) is 0.765. The predicted octanol–water partition coefficient (Wildman–Crippen LogP) is -0.179. The number of nitrogens with zero attached hydrogens (tertiary/aromatic N) is 1. The van der Waals surface area contributed by atoms with E-state index >= 15 is 0 Å². The number of carbonyl (C=O) groups is 4. The van der Waals surface area contributed by atoms with Gasteiger partial charge < -0.3 is 31.1 Å². The van der Waals surface area contributed by atoms with E-state index in [1.807, 2.05) is 0 Å². The van der Waals surface area contributed by atoms with Crippen molar-refractivity contribution in [3.8, 4) is 0 Å². The van der Waals surface area contributed by atoms with Crippen molar-refractivity contribution in [2.45, 2.75) is 36.7 Å². The first-order valence-electron chi connectivity index (χ1n) is 11.9. The van der Waals surface area contributed by atoms with Gasteiger partial charge in [0.2, 0.25) is 11.8 Å². The molecule has 196 valence electrons. The van der Waals surface area contributed by atoms with Gasteiger partial charge in [0, 0.05) is 42.4 Å². The first kappa shape index (κ1) is 24.6. The Morgan fingerprint density at radius 2 is 1.94 bits per heavy atom. The molecule has 7 N–H and O–H groups in total. The van der Waals surface area contributed by atoms with Gasteiger partial charge in [-0.05, 0) is 12.8 Å². The maximum atomic E-state index is 13.5. The highest BCUT2D eigenvalue weighted by Crippen LogP contribution is 2.50. The summed E-state index contributed by atoms with van der Waals surface area (Å²) in [5.41, 5.74) is 5.38. The average Bonchev–Trinajstić information content (AvgIpc) is 2.76. The lowest BCUT2D eigenvalue weighted by Crippen LogP contribution is -2.50. The summed E-state index contributed by atoms with van der Waals surface area (Å²) in [5, 5.41) is 24.2. The van der Waals surface area contributed by atoms with Crippen LogP contribution in [0.3, 0.4) is 0 Å². The second kappa shape index (κ2) is 15.8. The number of thioether (sulfide) groups is 1. The minimum absolute atomic E-state index is 0.0929. The number of hydrogen-bond acceptors (Lipinski definition) is 8. The zero-order valence-corrected chi connectivity index (χ0v) is 21.1. The van der Waals surface area contributed by atoms with Crippen LogP contribution in [0.5, 0.6) is 0 Å². The molecule has 17 heteroatoms. The Morgan fingerprint density at radius 1 is 1.29 bits per heavy atom. The number of alkyl halides is 2. The van der Waals surface area contributed by atoms with Crippen LogP contribution in [0.15, 0.2) is 0 Å². The molecule has 34 heavy (non-hydrogen) atoms. The Bertz CT molecular complexity index is 901. The topological polar surface area (TPSA) is 200 Å². The van der Waals surface area contributed by atoms with E-state index in [1.165, 1.54) is 0 Å². The lowest BCUT2D eigenvalue weighted by atomic mass is 10.1. The number of nitrogens with one attached hydrogen (secondary N) is 3. The minimum atomic E-state index is -4.06. The molecule has 1 rings (SSSR count). The molecule has 4 atom stereocenters. The molecule has 0 aromatic carbocycles. The third-order valence-corrected chi connectivity index (χ3v) is 8.23. The lowest BCUT2D eigenvalue weighted by molar-refractivity contribution is -0.139. The highest BCUT2D eigenvalue weighted by molar-refractivity contribution is 8.00. The van der Waals surface area contributed by atoms with Crippen molar-refractivity contribution in [1.29, 1.82) is 0 Å². The highest BCUT2D eigenvalue weighted by Gasteiger charge is 2.38. The Kier molecular flexibility index (Phi) is 11.4. The Balaban J connectivity index is 2.94. The van der Waals surface area contributed by atoms with E-state index in [2.05, 4.69) is 15.7 Å². The number of carboxylic acids is 2. The summed E-state index contributed by atoms with van der Waals surface area (Å²) >= 11 is 12.3. The maximum absolute atomic E-state index is 13.5. The smallest absolute Gasteiger partial charge is 0.344 e. The van der Waals surface area contributed by atoms with Crippen molar-refractivity contribution < 1.29 is 44.0 Å². The van der Waals surface area contributed by atoms with Gasteiger partial charge in [-0.3, -0.25) is 23.7 Å². The van der Waals surface area contributed by atoms with E-state index in [0.29, 0.717) is 0 Å². The van der Waals surface area contributed by atoms with Crippen molar-refractivity contribution in [3.63, 3.8) is 0 Å². The van der Waals surface area contributed by atoms with Gasteiger partial charge in [0.1, 0.15) is 18.6 Å². The molecule has 0 radical (unpaired) electrons. The molecule has 2 unspecified atom stereocenters. The maximum Gasteiger partial charge on any atom is 0.344 e. The lowest BCUT2D eigenvalue weighted by Gasteiger charge is -2.37. The second-order valence-electron chi connectivity index (χ2n) is 6.90. The molecule has 0 aromatic heterocycles. The Labute approximate surface area is 217 Å². The van der Waals surface area contributed by atoms with Crippen LogP contribution < -0.4 is 21.5 Å². The molecule has 2 amide bonds. The SMILES string of the molecule is [2H]C([2H])(Cl)CN(CC([2H])([2H])Cl)P1(=O)NC(SC[C@H](NC(=O)CC[C@H](N)C(=O)O)C(=O)NCC(=O)O)CCO1. The van der Waals surface area contributed by atoms with Crippen LogP contribution in [-0.2, 0) is 28.3 Å². The fourth-order valence-corrected chi connectivity index (χ4v) is 6.43. The zero-order chi connectivity index (χ0) is 29.3. The van der Waals surface area contributed by atoms with Gasteiger partial charge in [0.25, 0.3) is 0 Å². The van der Waals surface area contributed by atoms with Crippen LogP contribution in [0.4, 0.5) is 0 Å². The highest BCUT2D eigenvalue weighted by atomic mass is 35.5. The summed E-state index contributed by atoms with van der Waals surface area (Å²) in [6.45, 7) is -2.21. The van der Waals surface area contributed by atoms with Crippen molar-refractivity contribution in [2.24, 2.45) is 5.73 Å². The molecule has 0 bridgehead atoms. The van der Waals surface area contributed by atoms with Crippen molar-refractivity contribution in [1.82, 2.24) is 20.4 Å². The van der Waals surface area contributed by atoms with Crippen molar-refractivity contribution in [2.75, 3.05) is 43.7 Å². The second-order valence-corrected chi connectivity index (χ2v) is 10.8. The number of aliphatic carboxylic acids is 2. The monoisotopic (exact) mass is 569 g/mol. The molecule has 1 aliphatic heterocycles. The van der Waals surface area contributed by atoms with Crippen LogP contribution in [0.2, 0.25) is 0 Å². The molecular weight excluding hydrogens is 536 g/mol. The summed E-state index contributed by atoms with van der Waals surface area (Å²) in [6.07, 6.45) is -0.281. The Hall–Kier alpha value is -1.12. The van der Waals surface area contributed by atoms with E-state index in [9.17, 15) is 23.7 Å². The van der Waals surface area contributed by atoms with Crippen LogP contribution in [-0.4, -0.2) is 99.8 Å². The summed E-state index contributed by atoms with van der Waals surface area (Å²) in [6, 6.07) is -2.56. The molecule has 0 saturated carbocycles. The summed E-state index contributed by atoms with van der Waals surface area (Å²) in [4.78, 5) is 46.5. The van der Waals surface area contributed by atoms with Gasteiger partial charge in [-0.25, -0.2) is 9.76 Å². The molecule has 1 saturated heterocycles. The average molecular weight is 570 g/mol. The van der Waals surface area contributed by atoms with E-state index in [0.717, 1.165) is 16.4 Å². The third-order valence-electron chi connectivity index (χ3n) is 4.34. The quantitative estimate of drug-likeness (QED) is 0.106. The normalized spacial score (nSPS) is 24.6. The summed E-state index contributed by atoms with van der Waals surface area (Å²) < 4.78 is 50.0. The van der Waals surface area contributed by atoms with Crippen molar-refractivity contribution >= 4 is 66.4 Å². The van der Waals surface area contributed by atoms with Crippen LogP contribution in [0.1, 0.15) is 24.7 Å². The van der Waals surface area contributed by atoms with E-state index in [4.69, 9.17) is 49.2 Å². The van der Waals surface area contributed by atoms with Gasteiger partial charge in [-0.2, -0.15) is 0 Å². The molecular formula is C17H30Cl2N5O8PS. The number of carbonyl (C=O) groups excluding carboxylic acids is 2. The third kappa shape index (κ3) is 11.1. The van der Waals surface area contributed by atoms with Gasteiger partial charge in [-0.15, -0.1) is 35.0 Å². The van der Waals surface area contributed by atoms with Crippen LogP contribution in [0.25, 0.3) is 0 Å². The molecule has 13 nitrogen and oxygen atoms in total. The van der Waals surface area contributed by atoms with Gasteiger partial charge >= 0.3 is 19.6 Å². The number of rotatable bonds is 16. The first-order chi connectivity index (χ1) is 17.3. The standard InChI is InChI=1S/C17H30Cl2N5O8PS/c18-4-6-24(7-5-19)33(31)23-14(3-8-32-33)34-10-12(16(28)21-9-15(26)27)22-13(25)2-1-11(20)17(29)30/h11-12,14H,1-10,20H2,(H,21,28)(H,22,25)(H,23,31)(H,26,27)(H,29,30)/t11-,12-,14?,33?/m0/s1/i4D2,5D2. The minimum Gasteiger partial charge on any atom is -0.480 e. The van der Waals surface area contributed by atoms with Gasteiger partial charge in [-0.1, -0.05) is 0 Å². The fourth-order valence-electron chi connectivity index (χ4n) is 2.59. The number of carboxylic acid groups (broad SMARTS) is 2. The van der Waals surface area contributed by atoms with Crippen molar-refractivity contribution in [3.05, 3.63) is 0 Å². The van der Waals surface area contributed by atoms with E-state index in [1.54, 1.807) is 0 Å². The molecule has 1 aliphatic rings. The Morgan fingerprint density at radius 3 is 2.50 bits per heavy atom. The summed E-state index contributed by atoms with van der Waals surface area (Å²) in [5.74, 6) is -9.11. The van der Waals surface area contributed by atoms with Crippen LogP contribution in [0, 0.1) is 0 Å². The molecule has 0 aromatic rings. The number of nitrogens with two attached hydrogens (primary N) is 1. The predicted molar refractivity (Wildman–Crippen MR) is 128 cm³/mol. The van der Waals surface area contributed by atoms with E-state index in [-0.39, 0.29) is 31.6 Å². The zero-order valence-electron chi connectivity index (χ0n) is 21.9.